The first-order valence-corrected chi connectivity index (χ1v) is 13.1. The number of carbonyl (C=O) groups is 2. The van der Waals surface area contributed by atoms with E-state index < -0.39 is 0 Å². The highest BCUT2D eigenvalue weighted by Crippen LogP contribution is 2.28. The number of methoxy groups -OCH3 is 2. The standard InChI is InChI=1S/C29H30Cl2N4O4/c1-33(27(37)17-19-8-13-25(38-2)26(16-19)39-3)14-5-15-34-28-22(31)6-4-7-23(28)35(29(34)32)18-24(36)20-9-11-21(30)12-10-20/h4,6-13,16,32H,5,14-15,17-18H2,1-3H3. The molecule has 0 fully saturated rings. The van der Waals surface area contributed by atoms with Crippen molar-refractivity contribution in [1.82, 2.24) is 14.0 Å². The van der Waals surface area contributed by atoms with Gasteiger partial charge in [0.2, 0.25) is 11.5 Å². The zero-order chi connectivity index (χ0) is 28.1. The van der Waals surface area contributed by atoms with Gasteiger partial charge < -0.3 is 23.5 Å². The SMILES string of the molecule is COc1ccc(CC(=O)N(C)CCCn2c(=N)n(CC(=O)c3ccc(Cl)cc3)c3cccc(Cl)c32)cc1OC. The smallest absolute Gasteiger partial charge is 0.226 e. The first-order chi connectivity index (χ1) is 18.7. The first kappa shape index (κ1) is 28.3. The summed E-state index contributed by atoms with van der Waals surface area (Å²) in [6.07, 6.45) is 0.825. The third kappa shape index (κ3) is 6.29. The number of aromatic nitrogens is 2. The van der Waals surface area contributed by atoms with Crippen molar-refractivity contribution < 1.29 is 19.1 Å². The number of imidazole rings is 1. The number of halogens is 2. The zero-order valence-electron chi connectivity index (χ0n) is 22.0. The molecule has 3 aromatic carbocycles. The maximum Gasteiger partial charge on any atom is 0.226 e. The fourth-order valence-corrected chi connectivity index (χ4v) is 4.89. The van der Waals surface area contributed by atoms with Crippen LogP contribution in [0.5, 0.6) is 11.5 Å². The molecule has 1 aromatic heterocycles. The molecule has 8 nitrogen and oxygen atoms in total. The normalized spacial score (nSPS) is 11.0. The van der Waals surface area contributed by atoms with Crippen molar-refractivity contribution in [2.75, 3.05) is 27.8 Å². The van der Waals surface area contributed by atoms with Gasteiger partial charge >= 0.3 is 0 Å². The molecular formula is C29H30Cl2N4O4. The van der Waals surface area contributed by atoms with Crippen LogP contribution in [0.2, 0.25) is 10.0 Å². The van der Waals surface area contributed by atoms with E-state index in [9.17, 15) is 9.59 Å². The van der Waals surface area contributed by atoms with Crippen LogP contribution in [0.25, 0.3) is 11.0 Å². The second-order valence-corrected chi connectivity index (χ2v) is 9.98. The number of nitrogens with one attached hydrogen (secondary N) is 1. The highest BCUT2D eigenvalue weighted by atomic mass is 35.5. The summed E-state index contributed by atoms with van der Waals surface area (Å²) >= 11 is 12.5. The number of fused-ring (bicyclic) bond motifs is 1. The van der Waals surface area contributed by atoms with Gasteiger partial charge in [0.05, 0.1) is 43.2 Å². The van der Waals surface area contributed by atoms with Gasteiger partial charge in [0.25, 0.3) is 0 Å². The Morgan fingerprint density at radius 1 is 0.949 bits per heavy atom. The summed E-state index contributed by atoms with van der Waals surface area (Å²) < 4.78 is 14.0. The van der Waals surface area contributed by atoms with E-state index in [2.05, 4.69) is 0 Å². The molecule has 4 aromatic rings. The number of amides is 1. The number of nitrogens with zero attached hydrogens (tertiary/aromatic N) is 3. The summed E-state index contributed by atoms with van der Waals surface area (Å²) in [5.41, 5.74) is 2.90. The third-order valence-electron chi connectivity index (χ3n) is 6.61. The zero-order valence-corrected chi connectivity index (χ0v) is 23.6. The highest BCUT2D eigenvalue weighted by molar-refractivity contribution is 6.35. The van der Waals surface area contributed by atoms with Crippen molar-refractivity contribution in [3.05, 3.63) is 87.5 Å². The van der Waals surface area contributed by atoms with E-state index >= 15 is 0 Å². The molecule has 0 aliphatic heterocycles. The predicted molar refractivity (Wildman–Crippen MR) is 152 cm³/mol. The van der Waals surface area contributed by atoms with E-state index in [0.29, 0.717) is 57.7 Å². The lowest BCUT2D eigenvalue weighted by Gasteiger charge is -2.18. The molecule has 0 aliphatic carbocycles. The fourth-order valence-electron chi connectivity index (χ4n) is 4.49. The Hall–Kier alpha value is -3.75. The number of aryl methyl sites for hydroxylation is 1. The molecule has 0 saturated heterocycles. The molecule has 0 spiro atoms. The Morgan fingerprint density at radius 2 is 1.67 bits per heavy atom. The number of Topliss-reactive ketones (excluding diaryl/α,β-unsaturated/α-hetero) is 1. The Morgan fingerprint density at radius 3 is 2.36 bits per heavy atom. The molecule has 0 radical (unpaired) electrons. The highest BCUT2D eigenvalue weighted by Gasteiger charge is 2.18. The topological polar surface area (TPSA) is 89.5 Å². The lowest BCUT2D eigenvalue weighted by atomic mass is 10.1. The summed E-state index contributed by atoms with van der Waals surface area (Å²) in [4.78, 5) is 27.5. The van der Waals surface area contributed by atoms with E-state index in [1.807, 2.05) is 12.1 Å². The minimum Gasteiger partial charge on any atom is -0.493 e. The maximum absolute atomic E-state index is 13.0. The average molecular weight is 569 g/mol. The van der Waals surface area contributed by atoms with Gasteiger partial charge in [-0.25, -0.2) is 0 Å². The van der Waals surface area contributed by atoms with Gasteiger partial charge in [0, 0.05) is 30.7 Å². The lowest BCUT2D eigenvalue weighted by Crippen LogP contribution is -2.31. The number of likely N-dealkylation sites (N-methyl/N-ethyl adjacent to an activating group) is 1. The number of benzene rings is 3. The Kier molecular flexibility index (Phi) is 8.99. The number of ketones is 1. The van der Waals surface area contributed by atoms with Gasteiger partial charge in [0.15, 0.2) is 17.3 Å². The summed E-state index contributed by atoms with van der Waals surface area (Å²) in [7, 11) is 4.89. The molecule has 39 heavy (non-hydrogen) atoms. The Balaban J connectivity index is 1.47. The van der Waals surface area contributed by atoms with E-state index in [1.54, 1.807) is 83.8 Å². The van der Waals surface area contributed by atoms with Gasteiger partial charge in [-0.3, -0.25) is 15.0 Å². The number of ether oxygens (including phenoxy) is 2. The van der Waals surface area contributed by atoms with E-state index in [-0.39, 0.29) is 30.3 Å². The van der Waals surface area contributed by atoms with E-state index in [0.717, 1.165) is 5.56 Å². The number of para-hydroxylation sites is 1. The quantitative estimate of drug-likeness (QED) is 0.251. The van der Waals surface area contributed by atoms with Crippen LogP contribution in [0.1, 0.15) is 22.3 Å². The first-order valence-electron chi connectivity index (χ1n) is 12.4. The molecule has 0 bridgehead atoms. The molecule has 0 unspecified atom stereocenters. The van der Waals surface area contributed by atoms with Crippen LogP contribution in [0.15, 0.2) is 60.7 Å². The van der Waals surface area contributed by atoms with E-state index in [4.69, 9.17) is 38.1 Å². The largest absolute Gasteiger partial charge is 0.493 e. The Labute approximate surface area is 236 Å². The lowest BCUT2D eigenvalue weighted by molar-refractivity contribution is -0.129. The molecule has 10 heteroatoms. The van der Waals surface area contributed by atoms with Gasteiger partial charge in [-0.2, -0.15) is 0 Å². The molecule has 1 heterocycles. The van der Waals surface area contributed by atoms with Crippen LogP contribution < -0.4 is 15.1 Å². The minimum atomic E-state index is -0.135. The molecular weight excluding hydrogens is 539 g/mol. The minimum absolute atomic E-state index is 0.00593. The third-order valence-corrected chi connectivity index (χ3v) is 7.17. The van der Waals surface area contributed by atoms with Crippen LogP contribution in [-0.4, -0.2) is 53.5 Å². The summed E-state index contributed by atoms with van der Waals surface area (Å²) in [6, 6.07) is 17.5. The van der Waals surface area contributed by atoms with Crippen LogP contribution in [0, 0.1) is 5.41 Å². The van der Waals surface area contributed by atoms with Gasteiger partial charge in [0.1, 0.15) is 0 Å². The molecule has 0 atom stereocenters. The maximum atomic E-state index is 13.0. The molecule has 1 amide bonds. The van der Waals surface area contributed by atoms with Crippen LogP contribution in [0.4, 0.5) is 0 Å². The predicted octanol–water partition coefficient (Wildman–Crippen LogP) is 5.22. The number of hydrogen-bond donors (Lipinski definition) is 1. The monoisotopic (exact) mass is 568 g/mol. The molecule has 204 valence electrons. The molecule has 4 rings (SSSR count). The molecule has 0 saturated carbocycles. The summed E-state index contributed by atoms with van der Waals surface area (Å²) in [6.45, 7) is 0.933. The number of hydrogen-bond acceptors (Lipinski definition) is 5. The number of carbonyl (C=O) groups excluding carboxylic acids is 2. The van der Waals surface area contributed by atoms with Crippen molar-refractivity contribution in [2.45, 2.75) is 25.9 Å². The van der Waals surface area contributed by atoms with Crippen LogP contribution in [-0.2, 0) is 24.3 Å². The van der Waals surface area contributed by atoms with Crippen molar-refractivity contribution >= 4 is 45.9 Å². The van der Waals surface area contributed by atoms with Crippen LogP contribution >= 0.6 is 23.2 Å². The van der Waals surface area contributed by atoms with Gasteiger partial charge in [-0.15, -0.1) is 0 Å². The number of rotatable bonds is 11. The fraction of sp³-hybridized carbons (Fsp3) is 0.276. The second kappa shape index (κ2) is 12.4. The van der Waals surface area contributed by atoms with Crippen LogP contribution in [0.3, 0.4) is 0 Å². The second-order valence-electron chi connectivity index (χ2n) is 9.13. The van der Waals surface area contributed by atoms with Gasteiger partial charge in [-0.1, -0.05) is 35.3 Å². The van der Waals surface area contributed by atoms with Crippen molar-refractivity contribution in [2.24, 2.45) is 0 Å². The van der Waals surface area contributed by atoms with E-state index in [1.165, 1.54) is 0 Å². The molecule has 1 N–H and O–H groups in total. The average Bonchev–Trinajstić information content (AvgIpc) is 3.20. The van der Waals surface area contributed by atoms with Crippen molar-refractivity contribution in [1.29, 1.82) is 5.41 Å². The van der Waals surface area contributed by atoms with Crippen molar-refractivity contribution in [3.8, 4) is 11.5 Å². The molecule has 0 aliphatic rings. The van der Waals surface area contributed by atoms with Gasteiger partial charge in [-0.05, 0) is 60.5 Å². The van der Waals surface area contributed by atoms with Crippen molar-refractivity contribution in [3.63, 3.8) is 0 Å². The summed E-state index contributed by atoms with van der Waals surface area (Å²) in [5.74, 6) is 1.02. The Bertz CT molecular complexity index is 1560. The summed E-state index contributed by atoms with van der Waals surface area (Å²) in [5, 5.41) is 9.89.